The van der Waals surface area contributed by atoms with Gasteiger partial charge in [0, 0.05) is 0 Å². The second-order valence-electron chi connectivity index (χ2n) is 2.74. The standard InChI is InChI=1S/C6H8N6O2/c1-3(13)4-2-12(11-8-4)6-5(7)9-14-10-6/h2-3,13H,1H3,(H2,7,9)/t3-/m0/s1. The molecule has 2 aromatic rings. The van der Waals surface area contributed by atoms with Gasteiger partial charge in [-0.15, -0.1) is 5.10 Å². The second kappa shape index (κ2) is 3.07. The summed E-state index contributed by atoms with van der Waals surface area (Å²) in [6.45, 7) is 1.58. The highest BCUT2D eigenvalue weighted by Gasteiger charge is 2.12. The first-order valence-corrected chi connectivity index (χ1v) is 3.87. The van der Waals surface area contributed by atoms with Gasteiger partial charge in [-0.1, -0.05) is 5.21 Å². The normalized spacial score (nSPS) is 13.0. The van der Waals surface area contributed by atoms with Gasteiger partial charge >= 0.3 is 0 Å². The van der Waals surface area contributed by atoms with Crippen molar-refractivity contribution in [3.8, 4) is 5.82 Å². The monoisotopic (exact) mass is 196 g/mol. The molecule has 0 bridgehead atoms. The highest BCUT2D eigenvalue weighted by molar-refractivity contribution is 5.43. The van der Waals surface area contributed by atoms with Gasteiger partial charge < -0.3 is 10.8 Å². The smallest absolute Gasteiger partial charge is 0.243 e. The number of hydrogen-bond donors (Lipinski definition) is 2. The van der Waals surface area contributed by atoms with Gasteiger partial charge in [0.15, 0.2) is 0 Å². The maximum Gasteiger partial charge on any atom is 0.243 e. The number of aromatic nitrogens is 5. The predicted molar refractivity (Wildman–Crippen MR) is 44.3 cm³/mol. The maximum absolute atomic E-state index is 9.20. The molecule has 0 radical (unpaired) electrons. The lowest BCUT2D eigenvalue weighted by molar-refractivity contribution is 0.194. The average molecular weight is 196 g/mol. The molecule has 14 heavy (non-hydrogen) atoms. The molecule has 2 rings (SSSR count). The lowest BCUT2D eigenvalue weighted by atomic mass is 10.3. The van der Waals surface area contributed by atoms with Gasteiger partial charge in [0.05, 0.1) is 12.3 Å². The molecule has 2 aromatic heterocycles. The van der Waals surface area contributed by atoms with Crippen molar-refractivity contribution in [2.45, 2.75) is 13.0 Å². The molecule has 0 unspecified atom stereocenters. The molecule has 1 atom stereocenters. The third kappa shape index (κ3) is 1.31. The minimum Gasteiger partial charge on any atom is -0.387 e. The van der Waals surface area contributed by atoms with Crippen LogP contribution in [0, 0.1) is 0 Å². The molecular formula is C6H8N6O2. The van der Waals surface area contributed by atoms with Crippen LogP contribution in [0.3, 0.4) is 0 Å². The van der Waals surface area contributed by atoms with Gasteiger partial charge in [-0.05, 0) is 17.2 Å². The zero-order chi connectivity index (χ0) is 10.1. The minimum absolute atomic E-state index is 0.118. The van der Waals surface area contributed by atoms with Crippen LogP contribution in [0.5, 0.6) is 0 Å². The van der Waals surface area contributed by atoms with Gasteiger partial charge in [0.2, 0.25) is 11.6 Å². The number of nitrogens with zero attached hydrogens (tertiary/aromatic N) is 5. The molecule has 3 N–H and O–H groups in total. The quantitative estimate of drug-likeness (QED) is 0.651. The Balaban J connectivity index is 2.39. The summed E-state index contributed by atoms with van der Waals surface area (Å²) in [5, 5.41) is 23.5. The summed E-state index contributed by atoms with van der Waals surface area (Å²) < 4.78 is 5.68. The minimum atomic E-state index is -0.690. The van der Waals surface area contributed by atoms with Crippen molar-refractivity contribution in [1.29, 1.82) is 0 Å². The molecule has 0 aromatic carbocycles. The number of aliphatic hydroxyl groups is 1. The van der Waals surface area contributed by atoms with Crippen molar-refractivity contribution in [1.82, 2.24) is 25.3 Å². The van der Waals surface area contributed by atoms with E-state index < -0.39 is 6.10 Å². The number of anilines is 1. The highest BCUT2D eigenvalue weighted by atomic mass is 16.6. The van der Waals surface area contributed by atoms with Crippen LogP contribution >= 0.6 is 0 Å². The van der Waals surface area contributed by atoms with Crippen LogP contribution in [0.15, 0.2) is 10.8 Å². The Kier molecular flexibility index (Phi) is 1.89. The molecular weight excluding hydrogens is 188 g/mol. The van der Waals surface area contributed by atoms with E-state index in [4.69, 9.17) is 5.73 Å². The van der Waals surface area contributed by atoms with Crippen molar-refractivity contribution >= 4 is 5.82 Å². The lowest BCUT2D eigenvalue weighted by Gasteiger charge is -1.94. The molecule has 74 valence electrons. The average Bonchev–Trinajstić information content (AvgIpc) is 2.71. The van der Waals surface area contributed by atoms with Crippen molar-refractivity contribution in [3.63, 3.8) is 0 Å². The molecule has 0 aliphatic carbocycles. The SMILES string of the molecule is C[C@H](O)c1cn(-c2nonc2N)nn1. The number of aliphatic hydroxyl groups excluding tert-OH is 1. The molecule has 0 aliphatic rings. The Morgan fingerprint density at radius 1 is 1.57 bits per heavy atom. The number of rotatable bonds is 2. The van der Waals surface area contributed by atoms with Crippen LogP contribution in [-0.2, 0) is 0 Å². The van der Waals surface area contributed by atoms with Gasteiger partial charge in [-0.2, -0.15) is 4.68 Å². The van der Waals surface area contributed by atoms with E-state index in [2.05, 4.69) is 25.3 Å². The first kappa shape index (κ1) is 8.63. The Morgan fingerprint density at radius 3 is 2.86 bits per heavy atom. The van der Waals surface area contributed by atoms with Gasteiger partial charge in [0.1, 0.15) is 5.69 Å². The molecule has 0 saturated carbocycles. The first-order chi connectivity index (χ1) is 6.68. The predicted octanol–water partition coefficient (Wildman–Crippen LogP) is -0.714. The molecule has 0 aliphatic heterocycles. The summed E-state index contributed by atoms with van der Waals surface area (Å²) in [6.07, 6.45) is 0.811. The lowest BCUT2D eigenvalue weighted by Crippen LogP contribution is -1.99. The van der Waals surface area contributed by atoms with Crippen LogP contribution in [0.25, 0.3) is 5.82 Å². The number of nitrogens with two attached hydrogens (primary N) is 1. The number of nitrogen functional groups attached to an aromatic ring is 1. The fourth-order valence-corrected chi connectivity index (χ4v) is 0.922. The van der Waals surface area contributed by atoms with Crippen molar-refractivity contribution < 1.29 is 9.74 Å². The molecule has 0 saturated heterocycles. The van der Waals surface area contributed by atoms with Crippen LogP contribution < -0.4 is 5.73 Å². The van der Waals surface area contributed by atoms with Gasteiger partial charge in [-0.3, -0.25) is 0 Å². The van der Waals surface area contributed by atoms with Crippen LogP contribution in [0.1, 0.15) is 18.7 Å². The molecule has 0 amide bonds. The zero-order valence-electron chi connectivity index (χ0n) is 7.32. The Bertz CT molecular complexity index is 433. The van der Waals surface area contributed by atoms with Crippen molar-refractivity contribution in [2.75, 3.05) is 5.73 Å². The summed E-state index contributed by atoms with van der Waals surface area (Å²) in [5.41, 5.74) is 5.86. The van der Waals surface area contributed by atoms with Crippen LogP contribution in [-0.4, -0.2) is 30.4 Å². The Morgan fingerprint density at radius 2 is 2.36 bits per heavy atom. The topological polar surface area (TPSA) is 116 Å². The van der Waals surface area contributed by atoms with Crippen molar-refractivity contribution in [3.05, 3.63) is 11.9 Å². The van der Waals surface area contributed by atoms with Crippen LogP contribution in [0.4, 0.5) is 5.82 Å². The van der Waals surface area contributed by atoms with E-state index >= 15 is 0 Å². The maximum atomic E-state index is 9.20. The van der Waals surface area contributed by atoms with E-state index in [1.54, 1.807) is 6.92 Å². The van der Waals surface area contributed by atoms with E-state index in [1.165, 1.54) is 10.9 Å². The van der Waals surface area contributed by atoms with Crippen molar-refractivity contribution in [2.24, 2.45) is 0 Å². The van der Waals surface area contributed by atoms with E-state index in [-0.39, 0.29) is 11.6 Å². The summed E-state index contributed by atoms with van der Waals surface area (Å²) in [5.74, 6) is 0.372. The first-order valence-electron chi connectivity index (χ1n) is 3.87. The fraction of sp³-hybridized carbons (Fsp3) is 0.333. The second-order valence-corrected chi connectivity index (χ2v) is 2.74. The Labute approximate surface area is 78.3 Å². The Hall–Kier alpha value is -1.96. The molecule has 0 fully saturated rings. The molecule has 0 spiro atoms. The number of hydrogen-bond acceptors (Lipinski definition) is 7. The van der Waals surface area contributed by atoms with E-state index in [9.17, 15) is 5.11 Å². The summed E-state index contributed by atoms with van der Waals surface area (Å²) in [7, 11) is 0. The largest absolute Gasteiger partial charge is 0.387 e. The summed E-state index contributed by atoms with van der Waals surface area (Å²) >= 11 is 0. The van der Waals surface area contributed by atoms with Gasteiger partial charge in [-0.25, -0.2) is 4.63 Å². The summed E-state index contributed by atoms with van der Waals surface area (Å²) in [6, 6.07) is 0. The summed E-state index contributed by atoms with van der Waals surface area (Å²) in [4.78, 5) is 0. The van der Waals surface area contributed by atoms with Crippen LogP contribution in [0.2, 0.25) is 0 Å². The molecule has 8 nitrogen and oxygen atoms in total. The van der Waals surface area contributed by atoms with E-state index in [0.717, 1.165) is 0 Å². The third-order valence-corrected chi connectivity index (χ3v) is 1.65. The fourth-order valence-electron chi connectivity index (χ4n) is 0.922. The molecule has 2 heterocycles. The van der Waals surface area contributed by atoms with E-state index in [1.807, 2.05) is 0 Å². The van der Waals surface area contributed by atoms with E-state index in [0.29, 0.717) is 5.69 Å². The van der Waals surface area contributed by atoms with Gasteiger partial charge in [0.25, 0.3) is 0 Å². The third-order valence-electron chi connectivity index (χ3n) is 1.65. The zero-order valence-corrected chi connectivity index (χ0v) is 7.32. The highest BCUT2D eigenvalue weighted by Crippen LogP contribution is 2.12. The molecule has 8 heteroatoms.